The van der Waals surface area contributed by atoms with Gasteiger partial charge < -0.3 is 23.7 Å². The van der Waals surface area contributed by atoms with Crippen LogP contribution in [0.15, 0.2) is 30.3 Å². The van der Waals surface area contributed by atoms with Crippen molar-refractivity contribution in [3.63, 3.8) is 0 Å². The molecule has 5 nitrogen and oxygen atoms in total. The van der Waals surface area contributed by atoms with Gasteiger partial charge in [0, 0.05) is 0 Å². The van der Waals surface area contributed by atoms with Gasteiger partial charge in [0.2, 0.25) is 0 Å². The summed E-state index contributed by atoms with van der Waals surface area (Å²) >= 11 is 0. The molecule has 0 N–H and O–H groups in total. The summed E-state index contributed by atoms with van der Waals surface area (Å²) in [7, 11) is 0. The van der Waals surface area contributed by atoms with Gasteiger partial charge in [-0.15, -0.1) is 0 Å². The molecule has 0 spiro atoms. The molecule has 21 heavy (non-hydrogen) atoms. The lowest BCUT2D eigenvalue weighted by Gasteiger charge is -2.00. The van der Waals surface area contributed by atoms with E-state index in [0.29, 0.717) is 24.9 Å². The van der Waals surface area contributed by atoms with Gasteiger partial charge in [-0.2, -0.15) is 0 Å². The molecule has 3 fully saturated rings. The molecule has 4 rings (SSSR count). The van der Waals surface area contributed by atoms with E-state index in [0.717, 1.165) is 39.6 Å². The summed E-state index contributed by atoms with van der Waals surface area (Å²) in [4.78, 5) is 0. The van der Waals surface area contributed by atoms with Crippen molar-refractivity contribution in [2.24, 2.45) is 0 Å². The highest BCUT2D eigenvalue weighted by Crippen LogP contribution is 2.12. The van der Waals surface area contributed by atoms with Gasteiger partial charge in [-0.05, 0) is 5.56 Å². The zero-order valence-corrected chi connectivity index (χ0v) is 12.1. The molecule has 0 aromatic heterocycles. The van der Waals surface area contributed by atoms with Crippen molar-refractivity contribution >= 4 is 0 Å². The second-order valence-corrected chi connectivity index (χ2v) is 5.40. The maximum absolute atomic E-state index is 5.42. The molecule has 5 heteroatoms. The average molecular weight is 294 g/mol. The Morgan fingerprint density at radius 2 is 1.24 bits per heavy atom. The zero-order chi connectivity index (χ0) is 14.3. The van der Waals surface area contributed by atoms with Crippen LogP contribution in [0.3, 0.4) is 0 Å². The summed E-state index contributed by atoms with van der Waals surface area (Å²) in [6.07, 6.45) is 1.15. The van der Waals surface area contributed by atoms with Crippen LogP contribution in [0, 0.1) is 0 Å². The van der Waals surface area contributed by atoms with E-state index in [9.17, 15) is 0 Å². The first-order valence-corrected chi connectivity index (χ1v) is 7.44. The lowest BCUT2D eigenvalue weighted by Crippen LogP contribution is -2.06. The minimum absolute atomic E-state index is 0.369. The Balaban J connectivity index is 0.000000131. The first kappa shape index (κ1) is 14.9. The fourth-order valence-electron chi connectivity index (χ4n) is 1.71. The van der Waals surface area contributed by atoms with Gasteiger partial charge in [0.05, 0.1) is 46.2 Å². The van der Waals surface area contributed by atoms with Crippen molar-refractivity contribution in [2.45, 2.75) is 24.9 Å². The van der Waals surface area contributed by atoms with Crippen LogP contribution in [0.5, 0.6) is 0 Å². The summed E-state index contributed by atoms with van der Waals surface area (Å²) in [6, 6.07) is 10.2. The summed E-state index contributed by atoms with van der Waals surface area (Å²) in [5, 5.41) is 0. The van der Waals surface area contributed by atoms with E-state index < -0.39 is 0 Å². The van der Waals surface area contributed by atoms with E-state index in [2.05, 4.69) is 12.1 Å². The van der Waals surface area contributed by atoms with Crippen molar-refractivity contribution in [3.05, 3.63) is 35.9 Å². The molecule has 1 aromatic carbocycles. The normalized spacial score (nSPS) is 28.5. The molecule has 1 aromatic rings. The first-order chi connectivity index (χ1) is 10.4. The van der Waals surface area contributed by atoms with E-state index in [-0.39, 0.29) is 0 Å². The van der Waals surface area contributed by atoms with E-state index in [1.807, 2.05) is 18.2 Å². The molecular weight excluding hydrogens is 272 g/mol. The van der Waals surface area contributed by atoms with E-state index in [4.69, 9.17) is 23.7 Å². The Hall–Kier alpha value is -0.980. The topological polar surface area (TPSA) is 56.0 Å². The molecule has 3 unspecified atom stereocenters. The third-order valence-electron chi connectivity index (χ3n) is 3.23. The van der Waals surface area contributed by atoms with Crippen LogP contribution < -0.4 is 0 Å². The van der Waals surface area contributed by atoms with Gasteiger partial charge >= 0.3 is 0 Å². The van der Waals surface area contributed by atoms with Crippen molar-refractivity contribution in [1.29, 1.82) is 0 Å². The largest absolute Gasteiger partial charge is 0.376 e. The second-order valence-electron chi connectivity index (χ2n) is 5.40. The molecule has 116 valence electrons. The number of benzene rings is 1. The molecular formula is C16H22O5. The molecule has 3 saturated heterocycles. The van der Waals surface area contributed by atoms with Crippen molar-refractivity contribution in [2.75, 3.05) is 39.6 Å². The molecule has 3 aliphatic heterocycles. The molecule has 0 radical (unpaired) electrons. The number of epoxide rings is 3. The average Bonchev–Trinajstić information content (AvgIpc) is 3.37. The van der Waals surface area contributed by atoms with Crippen LogP contribution in [-0.4, -0.2) is 58.0 Å². The van der Waals surface area contributed by atoms with Crippen molar-refractivity contribution in [1.82, 2.24) is 0 Å². The number of hydrogen-bond donors (Lipinski definition) is 0. The van der Waals surface area contributed by atoms with E-state index >= 15 is 0 Å². The van der Waals surface area contributed by atoms with Gasteiger partial charge in [0.15, 0.2) is 0 Å². The molecule has 3 atom stereocenters. The quantitative estimate of drug-likeness (QED) is 0.678. The smallest absolute Gasteiger partial charge is 0.104 e. The fourth-order valence-corrected chi connectivity index (χ4v) is 1.71. The highest BCUT2D eigenvalue weighted by Gasteiger charge is 2.26. The minimum Gasteiger partial charge on any atom is -0.376 e. The highest BCUT2D eigenvalue weighted by atomic mass is 16.6. The maximum Gasteiger partial charge on any atom is 0.104 e. The minimum atomic E-state index is 0.369. The molecule has 0 aliphatic carbocycles. The summed E-state index contributed by atoms with van der Waals surface area (Å²) in [6.45, 7) is 5.56. The standard InChI is InChI=1S/C10H12O2.C6H10O3/c1-2-4-9(5-3-1)6-11-7-10-8-12-10;1(5-3-8-5)7-2-6-4-9-6/h1-5,10H,6-8H2;5-6H,1-4H2. The molecule has 3 heterocycles. The Morgan fingerprint density at radius 1 is 0.762 bits per heavy atom. The fraction of sp³-hybridized carbons (Fsp3) is 0.625. The van der Waals surface area contributed by atoms with Crippen LogP contribution >= 0.6 is 0 Å². The Morgan fingerprint density at radius 3 is 1.71 bits per heavy atom. The molecule has 0 saturated carbocycles. The van der Waals surface area contributed by atoms with Gasteiger partial charge in [-0.3, -0.25) is 0 Å². The number of rotatable bonds is 8. The van der Waals surface area contributed by atoms with Crippen molar-refractivity contribution in [3.8, 4) is 0 Å². The van der Waals surface area contributed by atoms with Gasteiger partial charge in [0.1, 0.15) is 18.3 Å². The molecule has 0 amide bonds. The lowest BCUT2D eigenvalue weighted by atomic mass is 10.2. The molecule has 3 aliphatic rings. The molecule has 0 bridgehead atoms. The van der Waals surface area contributed by atoms with Crippen LogP contribution in [0.1, 0.15) is 5.56 Å². The first-order valence-electron chi connectivity index (χ1n) is 7.44. The zero-order valence-electron chi connectivity index (χ0n) is 12.1. The summed E-state index contributed by atoms with van der Waals surface area (Å²) in [5.74, 6) is 0. The van der Waals surface area contributed by atoms with Crippen LogP contribution in [0.25, 0.3) is 0 Å². The third kappa shape index (κ3) is 7.02. The summed E-state index contributed by atoms with van der Waals surface area (Å²) < 4.78 is 25.6. The Bertz CT molecular complexity index is 386. The predicted molar refractivity (Wildman–Crippen MR) is 76.1 cm³/mol. The van der Waals surface area contributed by atoms with Crippen LogP contribution in [-0.2, 0) is 30.3 Å². The van der Waals surface area contributed by atoms with Crippen LogP contribution in [0.4, 0.5) is 0 Å². The number of ether oxygens (including phenoxy) is 5. The monoisotopic (exact) mass is 294 g/mol. The van der Waals surface area contributed by atoms with E-state index in [1.165, 1.54) is 5.56 Å². The predicted octanol–water partition coefficient (Wildman–Crippen LogP) is 1.40. The second kappa shape index (κ2) is 7.87. The Labute approximate surface area is 125 Å². The SMILES string of the molecule is C(OCC1CO1)C1CO1.c1ccc(COCC2CO2)cc1. The van der Waals surface area contributed by atoms with Gasteiger partial charge in [-0.25, -0.2) is 0 Å². The highest BCUT2D eigenvalue weighted by molar-refractivity contribution is 5.13. The maximum atomic E-state index is 5.42. The summed E-state index contributed by atoms with van der Waals surface area (Å²) in [5.41, 5.74) is 1.22. The lowest BCUT2D eigenvalue weighted by molar-refractivity contribution is 0.102. The Kier molecular flexibility index (Phi) is 5.60. The van der Waals surface area contributed by atoms with E-state index in [1.54, 1.807) is 0 Å². The van der Waals surface area contributed by atoms with Gasteiger partial charge in [0.25, 0.3) is 0 Å². The van der Waals surface area contributed by atoms with Crippen molar-refractivity contribution < 1.29 is 23.7 Å². The van der Waals surface area contributed by atoms with Gasteiger partial charge in [-0.1, -0.05) is 30.3 Å². The number of hydrogen-bond acceptors (Lipinski definition) is 5. The third-order valence-corrected chi connectivity index (χ3v) is 3.23. The van der Waals surface area contributed by atoms with Crippen LogP contribution in [0.2, 0.25) is 0 Å².